The molecule has 2 N–H and O–H groups in total. The zero-order valence-corrected chi connectivity index (χ0v) is 13.9. The van der Waals surface area contributed by atoms with Crippen LogP contribution in [0.25, 0.3) is 0 Å². The van der Waals surface area contributed by atoms with E-state index in [1.54, 1.807) is 26.0 Å². The second kappa shape index (κ2) is 5.96. The van der Waals surface area contributed by atoms with Crippen LogP contribution in [0.4, 0.5) is 5.69 Å². The van der Waals surface area contributed by atoms with Gasteiger partial charge in [-0.2, -0.15) is 0 Å². The Bertz CT molecular complexity index is 639. The molecule has 3 rings (SSSR count). The number of fused-ring (bicyclic) bond motifs is 1. The Morgan fingerprint density at radius 1 is 1.35 bits per heavy atom. The van der Waals surface area contributed by atoms with Gasteiger partial charge in [0.1, 0.15) is 0 Å². The van der Waals surface area contributed by atoms with Crippen LogP contribution >= 0.6 is 0 Å². The molecule has 5 nitrogen and oxygen atoms in total. The lowest BCUT2D eigenvalue weighted by atomic mass is 9.80. The van der Waals surface area contributed by atoms with E-state index in [9.17, 15) is 9.59 Å². The molecule has 1 unspecified atom stereocenters. The number of rotatable bonds is 3. The molecule has 0 spiro atoms. The molecule has 1 amide bonds. The molecule has 1 aromatic carbocycles. The molecule has 0 bridgehead atoms. The minimum absolute atomic E-state index is 0.0331. The fourth-order valence-electron chi connectivity index (χ4n) is 3.73. The first kappa shape index (κ1) is 16.0. The van der Waals surface area contributed by atoms with Gasteiger partial charge in [0.2, 0.25) is 5.91 Å². The molecule has 3 atom stereocenters. The van der Waals surface area contributed by atoms with Gasteiger partial charge in [0, 0.05) is 24.7 Å². The van der Waals surface area contributed by atoms with Crippen LogP contribution in [0.15, 0.2) is 18.2 Å². The smallest absolute Gasteiger partial charge is 0.338 e. The second-order valence-electron chi connectivity index (χ2n) is 6.60. The molecule has 1 aromatic rings. The van der Waals surface area contributed by atoms with E-state index in [0.717, 1.165) is 24.1 Å². The van der Waals surface area contributed by atoms with E-state index in [-0.39, 0.29) is 29.9 Å². The molecule has 0 radical (unpaired) electrons. The van der Waals surface area contributed by atoms with Crippen LogP contribution in [0, 0.1) is 11.8 Å². The summed E-state index contributed by atoms with van der Waals surface area (Å²) in [7, 11) is 0. The lowest BCUT2D eigenvalue weighted by molar-refractivity contribution is -0.117. The van der Waals surface area contributed by atoms with Crippen molar-refractivity contribution >= 4 is 17.6 Å². The first-order valence-electron chi connectivity index (χ1n) is 8.32. The maximum atomic E-state index is 12.3. The number of amides is 1. The van der Waals surface area contributed by atoms with E-state index in [0.29, 0.717) is 18.1 Å². The Hall–Kier alpha value is -1.88. The van der Waals surface area contributed by atoms with Crippen LogP contribution in [0.2, 0.25) is 0 Å². The Morgan fingerprint density at radius 2 is 2.04 bits per heavy atom. The van der Waals surface area contributed by atoms with Crippen molar-refractivity contribution in [3.05, 3.63) is 29.3 Å². The molecule has 23 heavy (non-hydrogen) atoms. The SMILES string of the molecule is CCOC(=O)c1ccc2c(c1)[C@H](N)[C@@H](C)C(C1CC1)N2C(C)=O. The Labute approximate surface area is 136 Å². The van der Waals surface area contributed by atoms with Crippen LogP contribution in [0.1, 0.15) is 55.6 Å². The molecular formula is C18H24N2O3. The van der Waals surface area contributed by atoms with Gasteiger partial charge >= 0.3 is 5.97 Å². The monoisotopic (exact) mass is 316 g/mol. The van der Waals surface area contributed by atoms with Crippen molar-refractivity contribution in [2.45, 2.75) is 45.7 Å². The zero-order valence-electron chi connectivity index (χ0n) is 13.9. The number of carbonyl (C=O) groups is 2. The van der Waals surface area contributed by atoms with Crippen molar-refractivity contribution in [3.63, 3.8) is 0 Å². The number of carbonyl (C=O) groups excluding carboxylic acids is 2. The molecule has 0 aromatic heterocycles. The molecule has 5 heteroatoms. The molecule has 1 aliphatic heterocycles. The van der Waals surface area contributed by atoms with Crippen molar-refractivity contribution in [3.8, 4) is 0 Å². The number of nitrogens with zero attached hydrogens (tertiary/aromatic N) is 1. The number of benzene rings is 1. The highest BCUT2D eigenvalue weighted by molar-refractivity contribution is 5.96. The normalized spacial score (nSPS) is 26.6. The van der Waals surface area contributed by atoms with Gasteiger partial charge in [0.05, 0.1) is 12.2 Å². The number of esters is 1. The average molecular weight is 316 g/mol. The van der Waals surface area contributed by atoms with E-state index in [4.69, 9.17) is 10.5 Å². The van der Waals surface area contributed by atoms with Crippen molar-refractivity contribution in [1.29, 1.82) is 0 Å². The number of hydrogen-bond donors (Lipinski definition) is 1. The number of nitrogens with two attached hydrogens (primary N) is 1. The fourth-order valence-corrected chi connectivity index (χ4v) is 3.73. The van der Waals surface area contributed by atoms with E-state index < -0.39 is 0 Å². The summed E-state index contributed by atoms with van der Waals surface area (Å²) >= 11 is 0. The Balaban J connectivity index is 2.05. The summed E-state index contributed by atoms with van der Waals surface area (Å²) in [4.78, 5) is 26.1. The third-order valence-electron chi connectivity index (χ3n) is 5.00. The molecule has 1 aliphatic carbocycles. The predicted octanol–water partition coefficient (Wildman–Crippen LogP) is 2.64. The maximum absolute atomic E-state index is 12.3. The summed E-state index contributed by atoms with van der Waals surface area (Å²) in [6, 6.07) is 5.32. The largest absolute Gasteiger partial charge is 0.462 e. The van der Waals surface area contributed by atoms with E-state index in [1.807, 2.05) is 11.0 Å². The minimum Gasteiger partial charge on any atom is -0.462 e. The number of ether oxygens (including phenoxy) is 1. The predicted molar refractivity (Wildman–Crippen MR) is 88.2 cm³/mol. The van der Waals surface area contributed by atoms with E-state index in [2.05, 4.69) is 6.92 Å². The quantitative estimate of drug-likeness (QED) is 0.870. The van der Waals surface area contributed by atoms with Gasteiger partial charge in [-0.3, -0.25) is 4.79 Å². The summed E-state index contributed by atoms with van der Waals surface area (Å²) in [5.74, 6) is 0.383. The highest BCUT2D eigenvalue weighted by Gasteiger charge is 2.46. The molecule has 1 saturated carbocycles. The number of hydrogen-bond acceptors (Lipinski definition) is 4. The molecular weight excluding hydrogens is 292 g/mol. The van der Waals surface area contributed by atoms with Crippen LogP contribution in [0.5, 0.6) is 0 Å². The summed E-state index contributed by atoms with van der Waals surface area (Å²) in [6.07, 6.45) is 2.31. The highest BCUT2D eigenvalue weighted by Crippen LogP contribution is 2.48. The third-order valence-corrected chi connectivity index (χ3v) is 5.00. The summed E-state index contributed by atoms with van der Waals surface area (Å²) in [6.45, 7) is 5.81. The van der Waals surface area contributed by atoms with Gasteiger partial charge in [0.25, 0.3) is 0 Å². The standard InChI is InChI=1S/C18H24N2O3/c1-4-23-18(22)13-7-8-15-14(9-13)16(19)10(2)17(12-5-6-12)20(15)11(3)21/h7-10,12,16-17H,4-6,19H2,1-3H3/t10-,16-,17?/m1/s1. The van der Waals surface area contributed by atoms with Crippen molar-refractivity contribution in [2.24, 2.45) is 17.6 Å². The van der Waals surface area contributed by atoms with Crippen molar-refractivity contribution in [1.82, 2.24) is 0 Å². The lowest BCUT2D eigenvalue weighted by Gasteiger charge is -2.44. The third kappa shape index (κ3) is 2.74. The molecule has 0 saturated heterocycles. The summed E-state index contributed by atoms with van der Waals surface area (Å²) in [5, 5.41) is 0. The number of anilines is 1. The Kier molecular flexibility index (Phi) is 4.15. The molecule has 124 valence electrons. The van der Waals surface area contributed by atoms with E-state index in [1.165, 1.54) is 0 Å². The van der Waals surface area contributed by atoms with Gasteiger partial charge < -0.3 is 15.4 Å². The van der Waals surface area contributed by atoms with Gasteiger partial charge in [0.15, 0.2) is 0 Å². The average Bonchev–Trinajstić information content (AvgIpc) is 3.34. The van der Waals surface area contributed by atoms with Gasteiger partial charge in [-0.15, -0.1) is 0 Å². The van der Waals surface area contributed by atoms with Crippen LogP contribution in [-0.2, 0) is 9.53 Å². The van der Waals surface area contributed by atoms with Gasteiger partial charge in [-0.05, 0) is 55.4 Å². The summed E-state index contributed by atoms with van der Waals surface area (Å²) in [5.41, 5.74) is 8.65. The highest BCUT2D eigenvalue weighted by atomic mass is 16.5. The van der Waals surface area contributed by atoms with Gasteiger partial charge in [-0.1, -0.05) is 6.92 Å². The molecule has 1 heterocycles. The van der Waals surface area contributed by atoms with Crippen LogP contribution < -0.4 is 10.6 Å². The van der Waals surface area contributed by atoms with Crippen LogP contribution in [-0.4, -0.2) is 24.5 Å². The fraction of sp³-hybridized carbons (Fsp3) is 0.556. The van der Waals surface area contributed by atoms with Crippen LogP contribution in [0.3, 0.4) is 0 Å². The Morgan fingerprint density at radius 3 is 2.61 bits per heavy atom. The lowest BCUT2D eigenvalue weighted by Crippen LogP contribution is -2.51. The van der Waals surface area contributed by atoms with Crippen molar-refractivity contribution < 1.29 is 14.3 Å². The summed E-state index contributed by atoms with van der Waals surface area (Å²) < 4.78 is 5.06. The topological polar surface area (TPSA) is 72.6 Å². The zero-order chi connectivity index (χ0) is 16.7. The maximum Gasteiger partial charge on any atom is 0.338 e. The van der Waals surface area contributed by atoms with Crippen molar-refractivity contribution in [2.75, 3.05) is 11.5 Å². The van der Waals surface area contributed by atoms with Gasteiger partial charge in [-0.25, -0.2) is 4.79 Å². The molecule has 2 aliphatic rings. The second-order valence-corrected chi connectivity index (χ2v) is 6.60. The molecule has 1 fully saturated rings. The van der Waals surface area contributed by atoms with E-state index >= 15 is 0 Å². The first-order valence-corrected chi connectivity index (χ1v) is 8.32. The minimum atomic E-state index is -0.353. The first-order chi connectivity index (χ1) is 11.0.